The highest BCUT2D eigenvalue weighted by Crippen LogP contribution is 2.28. The van der Waals surface area contributed by atoms with Gasteiger partial charge >= 0.3 is 0 Å². The monoisotopic (exact) mass is 252 g/mol. The Hall–Kier alpha value is -1.01. The van der Waals surface area contributed by atoms with Crippen LogP contribution in [0.25, 0.3) is 0 Å². The Bertz CT molecular complexity index is 356. The number of hydrogen-bond acceptors (Lipinski definition) is 2. The highest BCUT2D eigenvalue weighted by Gasteiger charge is 2.07. The molecule has 0 radical (unpaired) electrons. The van der Waals surface area contributed by atoms with Crippen LogP contribution in [-0.4, -0.2) is 6.04 Å². The first kappa shape index (κ1) is 11.1. The summed E-state index contributed by atoms with van der Waals surface area (Å²) in [6.45, 7) is 5.92. The van der Waals surface area contributed by atoms with Gasteiger partial charge in [0.1, 0.15) is 6.04 Å². The second-order valence-electron chi connectivity index (χ2n) is 3.43. The smallest absolute Gasteiger partial charge is 0.111 e. The number of nitrogens with one attached hydrogen (secondary N) is 1. The minimum atomic E-state index is -0.173. The van der Waals surface area contributed by atoms with Crippen molar-refractivity contribution in [1.82, 2.24) is 0 Å². The molecule has 74 valence electrons. The Labute approximate surface area is 93.1 Å². The average molecular weight is 253 g/mol. The van der Waals surface area contributed by atoms with E-state index in [0.717, 1.165) is 15.7 Å². The third-order valence-corrected chi connectivity index (χ3v) is 2.61. The lowest BCUT2D eigenvalue weighted by molar-refractivity contribution is 1.00. The SMILES string of the molecule is Cc1cc(C)c(NC(C)C#N)c(Br)c1. The van der Waals surface area contributed by atoms with Gasteiger partial charge in [-0.2, -0.15) is 5.26 Å². The van der Waals surface area contributed by atoms with E-state index in [9.17, 15) is 0 Å². The van der Waals surface area contributed by atoms with Crippen LogP contribution < -0.4 is 5.32 Å². The van der Waals surface area contributed by atoms with Crippen LogP contribution in [0, 0.1) is 25.2 Å². The fraction of sp³-hybridized carbons (Fsp3) is 0.364. The van der Waals surface area contributed by atoms with Crippen molar-refractivity contribution in [1.29, 1.82) is 5.26 Å². The molecule has 0 saturated heterocycles. The molecule has 0 aromatic heterocycles. The first-order valence-corrected chi connectivity index (χ1v) is 5.26. The predicted molar refractivity (Wildman–Crippen MR) is 62.3 cm³/mol. The summed E-state index contributed by atoms with van der Waals surface area (Å²) in [4.78, 5) is 0. The second-order valence-corrected chi connectivity index (χ2v) is 4.29. The zero-order valence-corrected chi connectivity index (χ0v) is 10.1. The molecule has 1 aromatic rings. The molecule has 1 atom stereocenters. The van der Waals surface area contributed by atoms with E-state index in [1.807, 2.05) is 19.9 Å². The van der Waals surface area contributed by atoms with Gasteiger partial charge in [-0.3, -0.25) is 0 Å². The van der Waals surface area contributed by atoms with E-state index in [4.69, 9.17) is 5.26 Å². The molecule has 0 aliphatic carbocycles. The Morgan fingerprint density at radius 2 is 2.07 bits per heavy atom. The summed E-state index contributed by atoms with van der Waals surface area (Å²) in [5, 5.41) is 11.9. The number of aryl methyl sites for hydroxylation is 2. The summed E-state index contributed by atoms with van der Waals surface area (Å²) in [7, 11) is 0. The van der Waals surface area contributed by atoms with Crippen LogP contribution in [0.2, 0.25) is 0 Å². The lowest BCUT2D eigenvalue weighted by Crippen LogP contribution is -2.13. The molecule has 0 aliphatic rings. The topological polar surface area (TPSA) is 35.8 Å². The molecule has 1 N–H and O–H groups in total. The van der Waals surface area contributed by atoms with Gasteiger partial charge in [-0.1, -0.05) is 6.07 Å². The van der Waals surface area contributed by atoms with E-state index < -0.39 is 0 Å². The van der Waals surface area contributed by atoms with Gasteiger partial charge in [0.25, 0.3) is 0 Å². The molecule has 1 aromatic carbocycles. The van der Waals surface area contributed by atoms with Crippen LogP contribution in [0.4, 0.5) is 5.69 Å². The summed E-state index contributed by atoms with van der Waals surface area (Å²) in [6.07, 6.45) is 0. The zero-order chi connectivity index (χ0) is 10.7. The van der Waals surface area contributed by atoms with Gasteiger partial charge < -0.3 is 5.32 Å². The van der Waals surface area contributed by atoms with E-state index in [2.05, 4.69) is 40.3 Å². The average Bonchev–Trinajstić information content (AvgIpc) is 2.10. The lowest BCUT2D eigenvalue weighted by Gasteiger charge is -2.13. The van der Waals surface area contributed by atoms with E-state index in [0.29, 0.717) is 0 Å². The van der Waals surface area contributed by atoms with Gasteiger partial charge in [-0.25, -0.2) is 0 Å². The van der Waals surface area contributed by atoms with Gasteiger partial charge in [-0.05, 0) is 53.9 Å². The Kier molecular flexibility index (Phi) is 3.54. The quantitative estimate of drug-likeness (QED) is 0.876. The van der Waals surface area contributed by atoms with Crippen molar-refractivity contribution in [3.05, 3.63) is 27.7 Å². The minimum Gasteiger partial charge on any atom is -0.369 e. The molecule has 0 fully saturated rings. The molecule has 0 amide bonds. The largest absolute Gasteiger partial charge is 0.369 e. The van der Waals surface area contributed by atoms with Crippen molar-refractivity contribution in [2.45, 2.75) is 26.8 Å². The fourth-order valence-corrected chi connectivity index (χ4v) is 2.14. The highest BCUT2D eigenvalue weighted by atomic mass is 79.9. The summed E-state index contributed by atoms with van der Waals surface area (Å²) >= 11 is 3.48. The molecule has 0 saturated carbocycles. The van der Waals surface area contributed by atoms with Gasteiger partial charge in [0.2, 0.25) is 0 Å². The maximum Gasteiger partial charge on any atom is 0.111 e. The van der Waals surface area contributed by atoms with Crippen molar-refractivity contribution in [3.63, 3.8) is 0 Å². The Balaban J connectivity index is 3.04. The van der Waals surface area contributed by atoms with Crippen LogP contribution in [0.3, 0.4) is 0 Å². The number of hydrogen-bond donors (Lipinski definition) is 1. The van der Waals surface area contributed by atoms with Crippen molar-refractivity contribution < 1.29 is 0 Å². The van der Waals surface area contributed by atoms with E-state index in [1.54, 1.807) is 0 Å². The van der Waals surface area contributed by atoms with E-state index in [1.165, 1.54) is 5.56 Å². The van der Waals surface area contributed by atoms with Crippen LogP contribution in [0.1, 0.15) is 18.1 Å². The second kappa shape index (κ2) is 4.47. The first-order chi connectivity index (χ1) is 6.54. The molecule has 0 heterocycles. The first-order valence-electron chi connectivity index (χ1n) is 4.47. The third-order valence-electron chi connectivity index (χ3n) is 1.99. The number of benzene rings is 1. The van der Waals surface area contributed by atoms with Crippen molar-refractivity contribution in [2.24, 2.45) is 0 Å². The number of nitriles is 1. The van der Waals surface area contributed by atoms with Crippen LogP contribution in [0.15, 0.2) is 16.6 Å². The minimum absolute atomic E-state index is 0.173. The summed E-state index contributed by atoms with van der Waals surface area (Å²) in [6, 6.07) is 6.11. The maximum atomic E-state index is 8.70. The summed E-state index contributed by atoms with van der Waals surface area (Å²) in [5.41, 5.74) is 3.37. The Morgan fingerprint density at radius 3 is 2.57 bits per heavy atom. The molecular formula is C11H13BrN2. The molecule has 0 spiro atoms. The molecule has 3 heteroatoms. The third kappa shape index (κ3) is 2.49. The number of rotatable bonds is 2. The Morgan fingerprint density at radius 1 is 1.43 bits per heavy atom. The fourth-order valence-electron chi connectivity index (χ4n) is 1.35. The van der Waals surface area contributed by atoms with E-state index >= 15 is 0 Å². The van der Waals surface area contributed by atoms with Crippen LogP contribution in [0.5, 0.6) is 0 Å². The van der Waals surface area contributed by atoms with Gasteiger partial charge in [0.15, 0.2) is 0 Å². The lowest BCUT2D eigenvalue weighted by atomic mass is 10.1. The number of halogens is 1. The molecule has 1 rings (SSSR count). The standard InChI is InChI=1S/C11H13BrN2/c1-7-4-8(2)11(10(12)5-7)14-9(3)6-13/h4-5,9,14H,1-3H3. The van der Waals surface area contributed by atoms with Gasteiger partial charge in [0.05, 0.1) is 11.8 Å². The molecular weight excluding hydrogens is 240 g/mol. The number of nitrogens with zero attached hydrogens (tertiary/aromatic N) is 1. The molecule has 1 unspecified atom stereocenters. The molecule has 0 bridgehead atoms. The molecule has 2 nitrogen and oxygen atoms in total. The summed E-state index contributed by atoms with van der Waals surface area (Å²) < 4.78 is 1.01. The summed E-state index contributed by atoms with van der Waals surface area (Å²) in [5.74, 6) is 0. The van der Waals surface area contributed by atoms with Gasteiger partial charge in [-0.15, -0.1) is 0 Å². The number of anilines is 1. The van der Waals surface area contributed by atoms with Gasteiger partial charge in [0, 0.05) is 4.47 Å². The highest BCUT2D eigenvalue weighted by molar-refractivity contribution is 9.10. The van der Waals surface area contributed by atoms with Crippen molar-refractivity contribution in [3.8, 4) is 6.07 Å². The van der Waals surface area contributed by atoms with Crippen molar-refractivity contribution >= 4 is 21.6 Å². The van der Waals surface area contributed by atoms with Crippen molar-refractivity contribution in [2.75, 3.05) is 5.32 Å². The van der Waals surface area contributed by atoms with E-state index in [-0.39, 0.29) is 6.04 Å². The van der Waals surface area contributed by atoms with Crippen LogP contribution >= 0.6 is 15.9 Å². The molecule has 0 aliphatic heterocycles. The predicted octanol–water partition coefficient (Wildman–Crippen LogP) is 3.39. The normalized spacial score (nSPS) is 11.9. The zero-order valence-electron chi connectivity index (χ0n) is 8.56. The molecule has 14 heavy (non-hydrogen) atoms. The maximum absolute atomic E-state index is 8.70. The van der Waals surface area contributed by atoms with Crippen LogP contribution in [-0.2, 0) is 0 Å².